The molecule has 1 aromatic heterocycles. The summed E-state index contributed by atoms with van der Waals surface area (Å²) in [5.74, 6) is 1.48. The second kappa shape index (κ2) is 9.70. The molecule has 1 amide bonds. The third kappa shape index (κ3) is 6.16. The highest BCUT2D eigenvalue weighted by Gasteiger charge is 2.09. The van der Waals surface area contributed by atoms with E-state index in [9.17, 15) is 4.79 Å². The van der Waals surface area contributed by atoms with Crippen molar-refractivity contribution in [3.05, 3.63) is 76.3 Å². The van der Waals surface area contributed by atoms with Crippen LogP contribution in [0.4, 0.5) is 5.13 Å². The molecule has 0 aliphatic heterocycles. The second-order valence-corrected chi connectivity index (χ2v) is 8.88. The van der Waals surface area contributed by atoms with E-state index in [1.54, 1.807) is 0 Å². The van der Waals surface area contributed by atoms with Crippen LogP contribution >= 0.6 is 11.3 Å². The minimum absolute atomic E-state index is 0.0351. The molecule has 0 fully saturated rings. The number of anilines is 1. The van der Waals surface area contributed by atoms with Gasteiger partial charge >= 0.3 is 0 Å². The van der Waals surface area contributed by atoms with E-state index in [-0.39, 0.29) is 12.5 Å². The molecule has 0 aliphatic carbocycles. The molecule has 3 aromatic rings. The average molecular weight is 409 g/mol. The number of nitrogens with zero attached hydrogens (tertiary/aromatic N) is 1. The molecular weight excluding hydrogens is 380 g/mol. The van der Waals surface area contributed by atoms with E-state index in [1.807, 2.05) is 30.5 Å². The molecule has 152 valence electrons. The molecule has 1 heterocycles. The fourth-order valence-electron chi connectivity index (χ4n) is 2.92. The number of nitrogens with one attached hydrogen (secondary N) is 1. The Morgan fingerprint density at radius 2 is 1.55 bits per heavy atom. The van der Waals surface area contributed by atoms with E-state index in [0.29, 0.717) is 22.7 Å². The number of carbonyl (C=O) groups is 1. The number of rotatable bonds is 8. The Balaban J connectivity index is 1.49. The summed E-state index contributed by atoms with van der Waals surface area (Å²) in [5, 5.41) is 3.42. The van der Waals surface area contributed by atoms with Gasteiger partial charge < -0.3 is 4.74 Å². The fourth-order valence-corrected chi connectivity index (χ4v) is 3.78. The van der Waals surface area contributed by atoms with Gasteiger partial charge in [0.15, 0.2) is 11.7 Å². The Morgan fingerprint density at radius 3 is 2.14 bits per heavy atom. The van der Waals surface area contributed by atoms with Crippen LogP contribution in [0.1, 0.15) is 61.1 Å². The standard InChI is InChI=1S/C24H28N2O2S/c1-16(2)19-7-5-18(6-8-19)13-22-14-25-24(29-22)26-23(27)15-28-21-11-9-20(10-12-21)17(3)4/h5-12,14,16-17H,13,15H2,1-4H3,(H,25,26,27). The molecule has 0 atom stereocenters. The van der Waals surface area contributed by atoms with Gasteiger partial charge in [-0.05, 0) is 40.7 Å². The van der Waals surface area contributed by atoms with Crippen LogP contribution in [0.3, 0.4) is 0 Å². The average Bonchev–Trinajstić information content (AvgIpc) is 3.13. The smallest absolute Gasteiger partial charge is 0.264 e. The van der Waals surface area contributed by atoms with Gasteiger partial charge in [-0.2, -0.15) is 0 Å². The highest BCUT2D eigenvalue weighted by atomic mass is 32.1. The quantitative estimate of drug-likeness (QED) is 0.497. The normalized spacial score (nSPS) is 11.1. The summed E-state index contributed by atoms with van der Waals surface area (Å²) in [5.41, 5.74) is 3.82. The topological polar surface area (TPSA) is 51.2 Å². The first-order chi connectivity index (χ1) is 13.9. The van der Waals surface area contributed by atoms with Crippen molar-refractivity contribution in [1.29, 1.82) is 0 Å². The first kappa shape index (κ1) is 21.1. The van der Waals surface area contributed by atoms with Crippen LogP contribution in [0.5, 0.6) is 5.75 Å². The lowest BCUT2D eigenvalue weighted by molar-refractivity contribution is -0.118. The zero-order valence-electron chi connectivity index (χ0n) is 17.4. The molecule has 0 radical (unpaired) electrons. The van der Waals surface area contributed by atoms with Crippen molar-refractivity contribution in [2.24, 2.45) is 0 Å². The van der Waals surface area contributed by atoms with E-state index in [1.165, 1.54) is 28.0 Å². The molecule has 0 saturated heterocycles. The maximum Gasteiger partial charge on any atom is 0.264 e. The summed E-state index contributed by atoms with van der Waals surface area (Å²) >= 11 is 1.49. The number of benzene rings is 2. The lowest BCUT2D eigenvalue weighted by Gasteiger charge is -2.08. The molecule has 5 heteroatoms. The van der Waals surface area contributed by atoms with Gasteiger partial charge in [-0.3, -0.25) is 10.1 Å². The number of hydrogen-bond acceptors (Lipinski definition) is 4. The van der Waals surface area contributed by atoms with Crippen LogP contribution in [0.15, 0.2) is 54.7 Å². The van der Waals surface area contributed by atoms with Crippen molar-refractivity contribution < 1.29 is 9.53 Å². The molecule has 0 aliphatic rings. The zero-order chi connectivity index (χ0) is 20.8. The molecule has 0 bridgehead atoms. The predicted octanol–water partition coefficient (Wildman–Crippen LogP) is 6.00. The minimum atomic E-state index is -0.208. The Morgan fingerprint density at radius 1 is 0.966 bits per heavy atom. The third-order valence-corrected chi connectivity index (χ3v) is 5.65. The minimum Gasteiger partial charge on any atom is -0.484 e. The van der Waals surface area contributed by atoms with Gasteiger partial charge in [-0.15, -0.1) is 11.3 Å². The van der Waals surface area contributed by atoms with Gasteiger partial charge in [-0.1, -0.05) is 64.1 Å². The highest BCUT2D eigenvalue weighted by Crippen LogP contribution is 2.23. The van der Waals surface area contributed by atoms with Gasteiger partial charge in [0, 0.05) is 17.5 Å². The number of thiazole rings is 1. The van der Waals surface area contributed by atoms with E-state index < -0.39 is 0 Å². The summed E-state index contributed by atoms with van der Waals surface area (Å²) < 4.78 is 5.57. The van der Waals surface area contributed by atoms with Crippen molar-refractivity contribution in [2.45, 2.75) is 46.0 Å². The maximum absolute atomic E-state index is 12.2. The van der Waals surface area contributed by atoms with Gasteiger partial charge in [0.2, 0.25) is 0 Å². The lowest BCUT2D eigenvalue weighted by Crippen LogP contribution is -2.19. The van der Waals surface area contributed by atoms with E-state index in [0.717, 1.165) is 11.3 Å². The molecular formula is C24H28N2O2S. The molecule has 0 spiro atoms. The van der Waals surface area contributed by atoms with E-state index in [2.05, 4.69) is 62.3 Å². The van der Waals surface area contributed by atoms with Crippen LogP contribution in [0, 0.1) is 0 Å². The Kier molecular flexibility index (Phi) is 7.04. The SMILES string of the molecule is CC(C)c1ccc(Cc2cnc(NC(=O)COc3ccc(C(C)C)cc3)s2)cc1. The Bertz CT molecular complexity index is 928. The number of aromatic nitrogens is 1. The summed E-state index contributed by atoms with van der Waals surface area (Å²) in [6, 6.07) is 16.5. The van der Waals surface area contributed by atoms with Crippen LogP contribution in [-0.4, -0.2) is 17.5 Å². The van der Waals surface area contributed by atoms with Crippen LogP contribution < -0.4 is 10.1 Å². The van der Waals surface area contributed by atoms with Crippen molar-refractivity contribution in [2.75, 3.05) is 11.9 Å². The summed E-state index contributed by atoms with van der Waals surface area (Å²) in [6.07, 6.45) is 2.63. The van der Waals surface area contributed by atoms with Crippen LogP contribution in [-0.2, 0) is 11.2 Å². The van der Waals surface area contributed by atoms with Crippen LogP contribution in [0.2, 0.25) is 0 Å². The molecule has 4 nitrogen and oxygen atoms in total. The maximum atomic E-state index is 12.2. The van der Waals surface area contributed by atoms with Crippen molar-refractivity contribution >= 4 is 22.4 Å². The summed E-state index contributed by atoms with van der Waals surface area (Å²) in [4.78, 5) is 17.6. The van der Waals surface area contributed by atoms with Gasteiger partial charge in [0.1, 0.15) is 5.75 Å². The van der Waals surface area contributed by atoms with Crippen LogP contribution in [0.25, 0.3) is 0 Å². The molecule has 0 unspecified atom stereocenters. The fraction of sp³-hybridized carbons (Fsp3) is 0.333. The van der Waals surface area contributed by atoms with Gasteiger partial charge in [0.05, 0.1) is 0 Å². The van der Waals surface area contributed by atoms with Gasteiger partial charge in [-0.25, -0.2) is 4.98 Å². The van der Waals surface area contributed by atoms with E-state index >= 15 is 0 Å². The third-order valence-electron chi connectivity index (χ3n) is 4.74. The van der Waals surface area contributed by atoms with E-state index in [4.69, 9.17) is 4.74 Å². The number of amides is 1. The van der Waals surface area contributed by atoms with Crippen molar-refractivity contribution in [3.8, 4) is 5.75 Å². The number of carbonyl (C=O) groups excluding carboxylic acids is 1. The van der Waals surface area contributed by atoms with Crippen molar-refractivity contribution in [1.82, 2.24) is 4.98 Å². The largest absolute Gasteiger partial charge is 0.484 e. The Labute approximate surface area is 177 Å². The second-order valence-electron chi connectivity index (χ2n) is 7.77. The predicted molar refractivity (Wildman–Crippen MR) is 120 cm³/mol. The first-order valence-electron chi connectivity index (χ1n) is 9.97. The molecule has 3 rings (SSSR count). The molecule has 2 aromatic carbocycles. The molecule has 29 heavy (non-hydrogen) atoms. The number of hydrogen-bond donors (Lipinski definition) is 1. The Hall–Kier alpha value is -2.66. The molecule has 0 saturated carbocycles. The zero-order valence-corrected chi connectivity index (χ0v) is 18.3. The summed E-state index contributed by atoms with van der Waals surface area (Å²) in [6.45, 7) is 8.64. The van der Waals surface area contributed by atoms with Gasteiger partial charge in [0.25, 0.3) is 5.91 Å². The number of ether oxygens (including phenoxy) is 1. The molecule has 1 N–H and O–H groups in total. The first-order valence-corrected chi connectivity index (χ1v) is 10.8. The monoisotopic (exact) mass is 408 g/mol. The summed E-state index contributed by atoms with van der Waals surface area (Å²) in [7, 11) is 0. The van der Waals surface area contributed by atoms with Crippen molar-refractivity contribution in [3.63, 3.8) is 0 Å². The highest BCUT2D eigenvalue weighted by molar-refractivity contribution is 7.15. The lowest BCUT2D eigenvalue weighted by atomic mass is 10.0.